The summed E-state index contributed by atoms with van der Waals surface area (Å²) in [4.78, 5) is 1.33. The fraction of sp³-hybridized carbons (Fsp3) is 0.500. The molecule has 0 amide bonds. The summed E-state index contributed by atoms with van der Waals surface area (Å²) in [5.74, 6) is 0. The van der Waals surface area contributed by atoms with Crippen molar-refractivity contribution in [3.63, 3.8) is 0 Å². The first-order valence-electron chi connectivity index (χ1n) is 1.49. The summed E-state index contributed by atoms with van der Waals surface area (Å²) in [7, 11) is 1.68. The molecule has 1 heterocycles. The van der Waals surface area contributed by atoms with Crippen molar-refractivity contribution >= 4 is 0 Å². The van der Waals surface area contributed by atoms with Gasteiger partial charge in [-0.15, -0.1) is 0 Å². The van der Waals surface area contributed by atoms with Crippen LogP contribution in [0.15, 0.2) is 0 Å². The second-order valence-corrected chi connectivity index (χ2v) is 0.879. The Morgan fingerprint density at radius 3 is 2.43 bits per heavy atom. The molecule has 1 rings (SSSR count). The van der Waals surface area contributed by atoms with Crippen LogP contribution in [0.2, 0.25) is 0 Å². The minimum absolute atomic E-state index is 0. The summed E-state index contributed by atoms with van der Waals surface area (Å²) in [6, 6.07) is 0. The normalized spacial score (nSPS) is 7.57. The Balaban J connectivity index is 0.000000360. The van der Waals surface area contributed by atoms with Crippen molar-refractivity contribution in [1.29, 1.82) is 0 Å². The van der Waals surface area contributed by atoms with Crippen LogP contribution in [0.5, 0.6) is 0 Å². The SMILES string of the molecule is Cn1n[c-]nn1.[Re]. The first-order valence-corrected chi connectivity index (χ1v) is 1.49. The van der Waals surface area contributed by atoms with Gasteiger partial charge in [-0.1, -0.05) is 5.21 Å². The maximum atomic E-state index is 3.49. The van der Waals surface area contributed by atoms with E-state index in [1.165, 1.54) is 4.80 Å². The molecule has 0 bridgehead atoms. The summed E-state index contributed by atoms with van der Waals surface area (Å²) in [6.07, 6.45) is 2.28. The Hall–Kier alpha value is -0.268. The van der Waals surface area contributed by atoms with E-state index in [1.54, 1.807) is 7.05 Å². The van der Waals surface area contributed by atoms with Crippen molar-refractivity contribution in [1.82, 2.24) is 20.2 Å². The van der Waals surface area contributed by atoms with Crippen LogP contribution in [-0.4, -0.2) is 20.2 Å². The number of hydrogen-bond acceptors (Lipinski definition) is 3. The summed E-state index contributed by atoms with van der Waals surface area (Å²) in [6.45, 7) is 0. The Kier molecular flexibility index (Phi) is 2.72. The van der Waals surface area contributed by atoms with Crippen molar-refractivity contribution in [2.75, 3.05) is 0 Å². The minimum atomic E-state index is 0. The molecule has 0 aliphatic rings. The summed E-state index contributed by atoms with van der Waals surface area (Å²) in [5, 5.41) is 10.2. The molecular formula is C2H3N4Re-. The number of aryl methyl sites for hydroxylation is 1. The van der Waals surface area contributed by atoms with Crippen LogP contribution in [0, 0.1) is 6.33 Å². The molecule has 0 fully saturated rings. The standard InChI is InChI=1S/C2H3N4.Re/c1-6-4-2-3-5-6;/h1H3;/q-1;. The third kappa shape index (κ3) is 1.76. The van der Waals surface area contributed by atoms with Crippen LogP contribution in [0.3, 0.4) is 0 Å². The average Bonchev–Trinajstić information content (AvgIpc) is 1.86. The average molecular weight is 269 g/mol. The van der Waals surface area contributed by atoms with Gasteiger partial charge in [0.2, 0.25) is 0 Å². The molecule has 4 nitrogen and oxygen atoms in total. The first-order chi connectivity index (χ1) is 2.89. The van der Waals surface area contributed by atoms with E-state index >= 15 is 0 Å². The molecule has 39 valence electrons. The van der Waals surface area contributed by atoms with Crippen molar-refractivity contribution < 1.29 is 20.4 Å². The van der Waals surface area contributed by atoms with Crippen LogP contribution in [-0.2, 0) is 27.5 Å². The third-order valence-corrected chi connectivity index (χ3v) is 0.408. The Bertz CT molecular complexity index is 113. The van der Waals surface area contributed by atoms with Crippen molar-refractivity contribution in [3.05, 3.63) is 6.33 Å². The fourth-order valence-corrected chi connectivity index (χ4v) is 0.189. The molecule has 0 N–H and O–H groups in total. The number of tetrazole rings is 1. The molecule has 0 saturated carbocycles. The molecule has 0 aromatic carbocycles. The van der Waals surface area contributed by atoms with Gasteiger partial charge in [-0.05, 0) is 0 Å². The van der Waals surface area contributed by atoms with E-state index in [0.29, 0.717) is 0 Å². The molecule has 0 aliphatic heterocycles. The molecular weight excluding hydrogens is 266 g/mol. The zero-order valence-corrected chi connectivity index (χ0v) is 6.38. The molecule has 0 unspecified atom stereocenters. The summed E-state index contributed by atoms with van der Waals surface area (Å²) < 4.78 is 0. The van der Waals surface area contributed by atoms with Crippen LogP contribution >= 0.6 is 0 Å². The van der Waals surface area contributed by atoms with E-state index in [4.69, 9.17) is 0 Å². The fourth-order valence-electron chi connectivity index (χ4n) is 0.189. The zero-order chi connectivity index (χ0) is 4.41. The quantitative estimate of drug-likeness (QED) is 0.568. The van der Waals surface area contributed by atoms with E-state index in [1.807, 2.05) is 0 Å². The topological polar surface area (TPSA) is 43.6 Å². The maximum Gasteiger partial charge on any atom is 0.0480 e. The van der Waals surface area contributed by atoms with Gasteiger partial charge in [0.05, 0.1) is 0 Å². The second-order valence-electron chi connectivity index (χ2n) is 0.879. The summed E-state index contributed by atoms with van der Waals surface area (Å²) >= 11 is 0. The number of nitrogens with zero attached hydrogens (tertiary/aromatic N) is 4. The number of hydrogen-bond donors (Lipinski definition) is 0. The van der Waals surface area contributed by atoms with E-state index in [2.05, 4.69) is 21.7 Å². The molecule has 7 heavy (non-hydrogen) atoms. The van der Waals surface area contributed by atoms with Crippen LogP contribution < -0.4 is 0 Å². The van der Waals surface area contributed by atoms with Crippen molar-refractivity contribution in [2.24, 2.45) is 7.05 Å². The predicted octanol–water partition coefficient (Wildman–Crippen LogP) is -0.992. The number of aromatic nitrogens is 4. The maximum absolute atomic E-state index is 3.49. The van der Waals surface area contributed by atoms with E-state index in [0.717, 1.165) is 0 Å². The molecule has 0 spiro atoms. The van der Waals surface area contributed by atoms with Gasteiger partial charge in [0.1, 0.15) is 0 Å². The first kappa shape index (κ1) is 6.73. The van der Waals surface area contributed by atoms with Crippen LogP contribution in [0.1, 0.15) is 0 Å². The molecule has 0 saturated heterocycles. The van der Waals surface area contributed by atoms with Gasteiger partial charge in [0.15, 0.2) is 0 Å². The van der Waals surface area contributed by atoms with Gasteiger partial charge in [-0.3, -0.25) is 0 Å². The van der Waals surface area contributed by atoms with Crippen molar-refractivity contribution in [3.8, 4) is 0 Å². The van der Waals surface area contributed by atoms with Gasteiger partial charge >= 0.3 is 0 Å². The van der Waals surface area contributed by atoms with Crippen LogP contribution in [0.25, 0.3) is 0 Å². The van der Waals surface area contributed by atoms with Gasteiger partial charge in [-0.2, -0.15) is 0 Å². The van der Waals surface area contributed by atoms with E-state index < -0.39 is 0 Å². The van der Waals surface area contributed by atoms with Gasteiger partial charge in [0, 0.05) is 27.5 Å². The summed E-state index contributed by atoms with van der Waals surface area (Å²) in [5.41, 5.74) is 0. The van der Waals surface area contributed by atoms with Crippen molar-refractivity contribution in [2.45, 2.75) is 0 Å². The molecule has 5 heteroatoms. The molecule has 1 aromatic rings. The molecule has 1 radical (unpaired) electrons. The van der Waals surface area contributed by atoms with Gasteiger partial charge < -0.3 is 10.2 Å². The Labute approximate surface area is 54.6 Å². The molecule has 1 aromatic heterocycles. The largest absolute Gasteiger partial charge is 0.355 e. The predicted molar refractivity (Wildman–Crippen MR) is 17.6 cm³/mol. The Morgan fingerprint density at radius 2 is 2.29 bits per heavy atom. The third-order valence-electron chi connectivity index (χ3n) is 0.408. The van der Waals surface area contributed by atoms with Gasteiger partial charge in [0.25, 0.3) is 0 Å². The van der Waals surface area contributed by atoms with Crippen LogP contribution in [0.4, 0.5) is 0 Å². The zero-order valence-electron chi connectivity index (χ0n) is 3.67. The second kappa shape index (κ2) is 2.83. The monoisotopic (exact) mass is 270 g/mol. The van der Waals surface area contributed by atoms with E-state index in [-0.39, 0.29) is 20.4 Å². The molecule has 0 atom stereocenters. The van der Waals surface area contributed by atoms with Gasteiger partial charge in [-0.25, -0.2) is 11.1 Å². The number of rotatable bonds is 0. The molecule has 0 aliphatic carbocycles. The minimum Gasteiger partial charge on any atom is -0.355 e. The van der Waals surface area contributed by atoms with E-state index in [9.17, 15) is 0 Å². The smallest absolute Gasteiger partial charge is 0.0480 e. The Morgan fingerprint density at radius 1 is 1.57 bits per heavy atom.